The van der Waals surface area contributed by atoms with E-state index in [0.717, 1.165) is 22.4 Å². The number of nitrogens with one attached hydrogen (secondary N) is 2. The van der Waals surface area contributed by atoms with Gasteiger partial charge >= 0.3 is 0 Å². The van der Waals surface area contributed by atoms with Crippen molar-refractivity contribution in [3.8, 4) is 0 Å². The monoisotopic (exact) mass is 442 g/mol. The molecule has 0 fully saturated rings. The van der Waals surface area contributed by atoms with E-state index in [2.05, 4.69) is 15.5 Å². The topological polar surface area (TPSA) is 78.1 Å². The molecule has 6 nitrogen and oxygen atoms in total. The van der Waals surface area contributed by atoms with Crippen LogP contribution >= 0.6 is 23.2 Å². The van der Waals surface area contributed by atoms with E-state index < -0.39 is 0 Å². The zero-order valence-electron chi connectivity index (χ0n) is 16.1. The molecule has 154 valence electrons. The molecule has 30 heavy (non-hydrogen) atoms. The normalized spacial score (nSPS) is 13.1. The minimum absolute atomic E-state index is 0.0316. The summed E-state index contributed by atoms with van der Waals surface area (Å²) in [7, 11) is 0. The predicted octanol–water partition coefficient (Wildman–Crippen LogP) is 3.77. The SMILES string of the molecule is O=C(NCc1ccccc1)c1n[nH]c2c1CN(C(=O)Cc1ccc(Cl)c(Cl)c1)CC2. The van der Waals surface area contributed by atoms with Gasteiger partial charge < -0.3 is 10.2 Å². The number of aromatic nitrogens is 2. The number of H-pyrrole nitrogens is 1. The molecular weight excluding hydrogens is 423 g/mol. The molecule has 2 heterocycles. The van der Waals surface area contributed by atoms with E-state index in [4.69, 9.17) is 23.2 Å². The number of amides is 2. The third kappa shape index (κ3) is 4.50. The van der Waals surface area contributed by atoms with E-state index in [1.165, 1.54) is 0 Å². The Hall–Kier alpha value is -2.83. The quantitative estimate of drug-likeness (QED) is 0.630. The van der Waals surface area contributed by atoms with Gasteiger partial charge in [0, 0.05) is 37.3 Å². The van der Waals surface area contributed by atoms with Crippen molar-refractivity contribution in [3.63, 3.8) is 0 Å². The van der Waals surface area contributed by atoms with Crippen LogP contribution in [0.3, 0.4) is 0 Å². The lowest BCUT2D eigenvalue weighted by molar-refractivity contribution is -0.131. The Labute approximate surface area is 184 Å². The number of halogens is 2. The van der Waals surface area contributed by atoms with Crippen LogP contribution < -0.4 is 5.32 Å². The van der Waals surface area contributed by atoms with Crippen LogP contribution in [0.25, 0.3) is 0 Å². The first kappa shape index (κ1) is 20.4. The van der Waals surface area contributed by atoms with Crippen molar-refractivity contribution >= 4 is 35.0 Å². The molecule has 0 atom stereocenters. The average Bonchev–Trinajstić information content (AvgIpc) is 3.19. The fourth-order valence-electron chi connectivity index (χ4n) is 3.49. The van der Waals surface area contributed by atoms with Crippen molar-refractivity contribution in [2.75, 3.05) is 6.54 Å². The first-order valence-electron chi connectivity index (χ1n) is 9.61. The highest BCUT2D eigenvalue weighted by atomic mass is 35.5. The Morgan fingerprint density at radius 3 is 2.63 bits per heavy atom. The Bertz CT molecular complexity index is 1080. The predicted molar refractivity (Wildman–Crippen MR) is 115 cm³/mol. The maximum Gasteiger partial charge on any atom is 0.272 e. The fraction of sp³-hybridized carbons (Fsp3) is 0.227. The Morgan fingerprint density at radius 2 is 1.87 bits per heavy atom. The van der Waals surface area contributed by atoms with Gasteiger partial charge in [0.1, 0.15) is 0 Å². The van der Waals surface area contributed by atoms with Crippen molar-refractivity contribution in [3.05, 3.63) is 86.7 Å². The summed E-state index contributed by atoms with van der Waals surface area (Å²) in [5.41, 5.74) is 3.82. The molecule has 1 aliphatic rings. The lowest BCUT2D eigenvalue weighted by Gasteiger charge is -2.27. The van der Waals surface area contributed by atoms with Crippen molar-refractivity contribution in [2.45, 2.75) is 25.9 Å². The van der Waals surface area contributed by atoms with Gasteiger partial charge in [-0.2, -0.15) is 5.10 Å². The van der Waals surface area contributed by atoms with Gasteiger partial charge in [0.05, 0.1) is 16.5 Å². The van der Waals surface area contributed by atoms with Gasteiger partial charge in [-0.25, -0.2) is 0 Å². The zero-order chi connectivity index (χ0) is 21.1. The Kier molecular flexibility index (Phi) is 6.06. The van der Waals surface area contributed by atoms with Crippen molar-refractivity contribution in [1.29, 1.82) is 0 Å². The number of carbonyl (C=O) groups is 2. The van der Waals surface area contributed by atoms with Crippen molar-refractivity contribution in [1.82, 2.24) is 20.4 Å². The van der Waals surface area contributed by atoms with Crippen LogP contribution in [0.4, 0.5) is 0 Å². The summed E-state index contributed by atoms with van der Waals surface area (Å²) >= 11 is 12.0. The molecule has 2 N–H and O–H groups in total. The summed E-state index contributed by atoms with van der Waals surface area (Å²) < 4.78 is 0. The highest BCUT2D eigenvalue weighted by molar-refractivity contribution is 6.42. The Morgan fingerprint density at radius 1 is 1.07 bits per heavy atom. The molecule has 0 aliphatic carbocycles. The molecule has 0 radical (unpaired) electrons. The van der Waals surface area contributed by atoms with Gasteiger partial charge in [0.2, 0.25) is 5.91 Å². The zero-order valence-corrected chi connectivity index (χ0v) is 17.6. The van der Waals surface area contributed by atoms with Crippen LogP contribution in [0, 0.1) is 0 Å². The summed E-state index contributed by atoms with van der Waals surface area (Å²) in [5.74, 6) is -0.286. The third-order valence-corrected chi connectivity index (χ3v) is 5.88. The molecule has 0 saturated carbocycles. The lowest BCUT2D eigenvalue weighted by atomic mass is 10.0. The van der Waals surface area contributed by atoms with Crippen LogP contribution in [0.2, 0.25) is 10.0 Å². The molecule has 1 aliphatic heterocycles. The van der Waals surface area contributed by atoms with Crippen molar-refractivity contribution < 1.29 is 9.59 Å². The van der Waals surface area contributed by atoms with Gasteiger partial charge in [-0.3, -0.25) is 14.7 Å². The maximum absolute atomic E-state index is 12.8. The summed E-state index contributed by atoms with van der Waals surface area (Å²) in [6.07, 6.45) is 0.848. The second kappa shape index (κ2) is 8.90. The first-order valence-corrected chi connectivity index (χ1v) is 10.4. The molecular formula is C22H20Cl2N4O2. The minimum atomic E-state index is -0.255. The van der Waals surface area contributed by atoms with Crippen LogP contribution in [0.5, 0.6) is 0 Å². The molecule has 2 amide bonds. The number of benzene rings is 2. The number of carbonyl (C=O) groups excluding carboxylic acids is 2. The minimum Gasteiger partial charge on any atom is -0.347 e. The summed E-state index contributed by atoms with van der Waals surface area (Å²) in [6, 6.07) is 14.9. The second-order valence-electron chi connectivity index (χ2n) is 7.19. The fourth-order valence-corrected chi connectivity index (χ4v) is 3.81. The largest absolute Gasteiger partial charge is 0.347 e. The van der Waals surface area contributed by atoms with Crippen LogP contribution in [0.15, 0.2) is 48.5 Å². The number of aromatic amines is 1. The van der Waals surface area contributed by atoms with Gasteiger partial charge in [0.25, 0.3) is 5.91 Å². The number of nitrogens with zero attached hydrogens (tertiary/aromatic N) is 2. The van der Waals surface area contributed by atoms with E-state index >= 15 is 0 Å². The number of hydrogen-bond donors (Lipinski definition) is 2. The smallest absolute Gasteiger partial charge is 0.272 e. The van der Waals surface area contributed by atoms with E-state index in [-0.39, 0.29) is 18.2 Å². The lowest BCUT2D eigenvalue weighted by Crippen LogP contribution is -2.37. The molecule has 3 aromatic rings. The average molecular weight is 443 g/mol. The van der Waals surface area contributed by atoms with E-state index in [1.54, 1.807) is 23.1 Å². The molecule has 4 rings (SSSR count). The van der Waals surface area contributed by atoms with Gasteiger partial charge in [-0.05, 0) is 23.3 Å². The third-order valence-electron chi connectivity index (χ3n) is 5.14. The molecule has 2 aromatic carbocycles. The Balaban J connectivity index is 1.42. The van der Waals surface area contributed by atoms with E-state index in [0.29, 0.717) is 41.8 Å². The molecule has 0 spiro atoms. The molecule has 0 bridgehead atoms. The molecule has 8 heteroatoms. The summed E-state index contributed by atoms with van der Waals surface area (Å²) in [4.78, 5) is 27.2. The highest BCUT2D eigenvalue weighted by Gasteiger charge is 2.27. The highest BCUT2D eigenvalue weighted by Crippen LogP contribution is 2.24. The van der Waals surface area contributed by atoms with Gasteiger partial charge in [-0.1, -0.05) is 59.6 Å². The number of rotatable bonds is 5. The maximum atomic E-state index is 12.8. The van der Waals surface area contributed by atoms with Crippen LogP contribution in [-0.4, -0.2) is 33.5 Å². The number of hydrogen-bond acceptors (Lipinski definition) is 3. The number of fused-ring (bicyclic) bond motifs is 1. The van der Waals surface area contributed by atoms with E-state index in [9.17, 15) is 9.59 Å². The van der Waals surface area contributed by atoms with Crippen LogP contribution in [-0.2, 0) is 30.7 Å². The van der Waals surface area contributed by atoms with Gasteiger partial charge in [-0.15, -0.1) is 0 Å². The molecule has 0 saturated heterocycles. The first-order chi connectivity index (χ1) is 14.5. The second-order valence-corrected chi connectivity index (χ2v) is 8.00. The van der Waals surface area contributed by atoms with Crippen LogP contribution in [0.1, 0.15) is 32.9 Å². The molecule has 1 aromatic heterocycles. The molecule has 0 unspecified atom stereocenters. The van der Waals surface area contributed by atoms with Crippen molar-refractivity contribution in [2.24, 2.45) is 0 Å². The van der Waals surface area contributed by atoms with E-state index in [1.807, 2.05) is 30.3 Å². The standard InChI is InChI=1S/C22H20Cl2N4O2/c23-17-7-6-15(10-18(17)24)11-20(29)28-9-8-19-16(13-28)21(27-26-19)22(30)25-12-14-4-2-1-3-5-14/h1-7,10H,8-9,11-13H2,(H,25,30)(H,26,27). The van der Waals surface area contributed by atoms with Gasteiger partial charge in [0.15, 0.2) is 5.69 Å². The summed E-state index contributed by atoms with van der Waals surface area (Å²) in [5, 5.41) is 10.9. The summed E-state index contributed by atoms with van der Waals surface area (Å²) in [6.45, 7) is 1.34.